The quantitative estimate of drug-likeness (QED) is 0.773. The van der Waals surface area contributed by atoms with Crippen molar-refractivity contribution in [2.75, 3.05) is 0 Å². The lowest BCUT2D eigenvalue weighted by Crippen LogP contribution is -2.15. The fourth-order valence-electron chi connectivity index (χ4n) is 2.83. The first kappa shape index (κ1) is 12.5. The van der Waals surface area contributed by atoms with Crippen molar-refractivity contribution in [2.24, 2.45) is 0 Å². The molecule has 0 unspecified atom stereocenters. The van der Waals surface area contributed by atoms with Crippen molar-refractivity contribution in [1.29, 1.82) is 0 Å². The van der Waals surface area contributed by atoms with Crippen LogP contribution in [0.1, 0.15) is 18.4 Å². The zero-order valence-electron chi connectivity index (χ0n) is 11.9. The summed E-state index contributed by atoms with van der Waals surface area (Å²) in [5, 5.41) is 6.08. The molecule has 1 saturated carbocycles. The summed E-state index contributed by atoms with van der Waals surface area (Å²) in [7, 11) is 0. The fraction of sp³-hybridized carbons (Fsp3) is 0.211. The van der Waals surface area contributed by atoms with Crippen LogP contribution in [0.3, 0.4) is 0 Å². The molecule has 21 heavy (non-hydrogen) atoms. The van der Waals surface area contributed by atoms with Gasteiger partial charge in [0.1, 0.15) is 0 Å². The highest BCUT2D eigenvalue weighted by atomic mass is 14.9. The van der Waals surface area contributed by atoms with E-state index in [2.05, 4.69) is 58.8 Å². The molecule has 0 saturated heterocycles. The van der Waals surface area contributed by atoms with Crippen LogP contribution in [0.4, 0.5) is 0 Å². The third-order valence-electron chi connectivity index (χ3n) is 4.15. The molecule has 0 bridgehead atoms. The smallest absolute Gasteiger partial charge is 0.0352 e. The summed E-state index contributed by atoms with van der Waals surface area (Å²) < 4.78 is 0. The number of benzene rings is 2. The molecular formula is C19H18N2. The number of rotatable bonds is 4. The second-order valence-corrected chi connectivity index (χ2v) is 5.71. The predicted octanol–water partition coefficient (Wildman–Crippen LogP) is 4.15. The van der Waals surface area contributed by atoms with E-state index < -0.39 is 0 Å². The Balaban J connectivity index is 1.80. The molecule has 2 nitrogen and oxygen atoms in total. The summed E-state index contributed by atoms with van der Waals surface area (Å²) in [5.74, 6) is 0. The van der Waals surface area contributed by atoms with E-state index in [4.69, 9.17) is 0 Å². The van der Waals surface area contributed by atoms with Gasteiger partial charge in [-0.05, 0) is 41.0 Å². The number of aromatic nitrogens is 1. The molecule has 1 N–H and O–H groups in total. The number of hydrogen-bond acceptors (Lipinski definition) is 2. The monoisotopic (exact) mass is 274 g/mol. The van der Waals surface area contributed by atoms with Gasteiger partial charge in [-0.15, -0.1) is 0 Å². The molecule has 4 rings (SSSR count). The van der Waals surface area contributed by atoms with Crippen LogP contribution in [-0.4, -0.2) is 11.0 Å². The van der Waals surface area contributed by atoms with E-state index in [-0.39, 0.29) is 0 Å². The van der Waals surface area contributed by atoms with Gasteiger partial charge >= 0.3 is 0 Å². The maximum atomic E-state index is 4.30. The summed E-state index contributed by atoms with van der Waals surface area (Å²) in [6.07, 6.45) is 6.46. The summed E-state index contributed by atoms with van der Waals surface area (Å²) in [5.41, 5.74) is 3.94. The van der Waals surface area contributed by atoms with Crippen LogP contribution >= 0.6 is 0 Å². The highest BCUT2D eigenvalue weighted by molar-refractivity contribution is 5.96. The number of hydrogen-bond donors (Lipinski definition) is 1. The summed E-state index contributed by atoms with van der Waals surface area (Å²) in [4.78, 5) is 4.30. The lowest BCUT2D eigenvalue weighted by molar-refractivity contribution is 0.689. The lowest BCUT2D eigenvalue weighted by atomic mass is 9.95. The first-order valence-electron chi connectivity index (χ1n) is 7.56. The van der Waals surface area contributed by atoms with Crippen molar-refractivity contribution in [3.8, 4) is 11.1 Å². The van der Waals surface area contributed by atoms with E-state index in [9.17, 15) is 0 Å². The zero-order chi connectivity index (χ0) is 14.1. The van der Waals surface area contributed by atoms with Crippen molar-refractivity contribution in [3.63, 3.8) is 0 Å². The molecule has 0 atom stereocenters. The average molecular weight is 274 g/mol. The van der Waals surface area contributed by atoms with E-state index in [1.807, 2.05) is 12.4 Å². The van der Waals surface area contributed by atoms with Crippen LogP contribution in [0, 0.1) is 0 Å². The molecule has 1 aliphatic carbocycles. The van der Waals surface area contributed by atoms with Crippen molar-refractivity contribution in [3.05, 3.63) is 66.5 Å². The summed E-state index contributed by atoms with van der Waals surface area (Å²) >= 11 is 0. The van der Waals surface area contributed by atoms with Gasteiger partial charge < -0.3 is 5.32 Å². The van der Waals surface area contributed by atoms with Crippen molar-refractivity contribution < 1.29 is 0 Å². The molecule has 2 aromatic carbocycles. The van der Waals surface area contributed by atoms with Gasteiger partial charge in [0, 0.05) is 30.4 Å². The summed E-state index contributed by atoms with van der Waals surface area (Å²) in [6, 6.07) is 17.9. The molecule has 0 aliphatic heterocycles. The lowest BCUT2D eigenvalue weighted by Gasteiger charge is -2.12. The minimum absolute atomic E-state index is 0.729. The van der Waals surface area contributed by atoms with Gasteiger partial charge in [0.2, 0.25) is 0 Å². The normalized spacial score (nSPS) is 14.5. The van der Waals surface area contributed by atoms with Gasteiger partial charge in [0.15, 0.2) is 0 Å². The Morgan fingerprint density at radius 3 is 2.71 bits per heavy atom. The Kier molecular flexibility index (Phi) is 3.17. The Labute approximate surface area is 124 Å². The molecule has 1 fully saturated rings. The van der Waals surface area contributed by atoms with Gasteiger partial charge in [0.05, 0.1) is 0 Å². The van der Waals surface area contributed by atoms with Gasteiger partial charge in [-0.1, -0.05) is 42.5 Å². The first-order chi connectivity index (χ1) is 10.4. The van der Waals surface area contributed by atoms with E-state index in [1.54, 1.807) is 0 Å². The third kappa shape index (κ3) is 2.55. The molecule has 1 heterocycles. The Hall–Kier alpha value is -2.19. The predicted molar refractivity (Wildman–Crippen MR) is 87.0 cm³/mol. The molecule has 0 spiro atoms. The average Bonchev–Trinajstić information content (AvgIpc) is 3.37. The molecular weight excluding hydrogens is 256 g/mol. The van der Waals surface area contributed by atoms with Crippen LogP contribution in [0.25, 0.3) is 21.9 Å². The Morgan fingerprint density at radius 2 is 1.81 bits per heavy atom. The van der Waals surface area contributed by atoms with Crippen LogP contribution in [0.15, 0.2) is 60.9 Å². The molecule has 0 amide bonds. The second-order valence-electron chi connectivity index (χ2n) is 5.71. The van der Waals surface area contributed by atoms with E-state index in [1.165, 1.54) is 40.3 Å². The minimum atomic E-state index is 0.729. The molecule has 2 heteroatoms. The first-order valence-corrected chi connectivity index (χ1v) is 7.56. The Morgan fingerprint density at radius 1 is 0.952 bits per heavy atom. The second kappa shape index (κ2) is 5.30. The van der Waals surface area contributed by atoms with Crippen LogP contribution < -0.4 is 5.32 Å². The minimum Gasteiger partial charge on any atom is -0.310 e. The SMILES string of the molecule is c1ccc(-c2cccc3ccncc23)c(CNC2CC2)c1. The Bertz CT molecular complexity index is 770. The number of pyridine rings is 1. The van der Waals surface area contributed by atoms with Crippen LogP contribution in [0.2, 0.25) is 0 Å². The molecule has 1 aliphatic rings. The summed E-state index contributed by atoms with van der Waals surface area (Å²) in [6.45, 7) is 0.942. The van der Waals surface area contributed by atoms with E-state index in [0.29, 0.717) is 0 Å². The van der Waals surface area contributed by atoms with E-state index >= 15 is 0 Å². The van der Waals surface area contributed by atoms with Gasteiger partial charge in [0.25, 0.3) is 0 Å². The third-order valence-corrected chi connectivity index (χ3v) is 4.15. The molecule has 1 aromatic heterocycles. The van der Waals surface area contributed by atoms with Crippen molar-refractivity contribution in [1.82, 2.24) is 10.3 Å². The molecule has 3 aromatic rings. The molecule has 104 valence electrons. The zero-order valence-corrected chi connectivity index (χ0v) is 11.9. The standard InChI is InChI=1S/C19H18N2/c1-2-6-17(15(4-1)12-21-16-8-9-16)18-7-3-5-14-10-11-20-13-19(14)18/h1-7,10-11,13,16,21H,8-9,12H2. The topological polar surface area (TPSA) is 24.9 Å². The van der Waals surface area contributed by atoms with Gasteiger partial charge in [-0.2, -0.15) is 0 Å². The van der Waals surface area contributed by atoms with Crippen molar-refractivity contribution >= 4 is 10.8 Å². The number of nitrogens with one attached hydrogen (secondary N) is 1. The number of fused-ring (bicyclic) bond motifs is 1. The highest BCUT2D eigenvalue weighted by Crippen LogP contribution is 2.31. The fourth-order valence-corrected chi connectivity index (χ4v) is 2.83. The van der Waals surface area contributed by atoms with Crippen LogP contribution in [-0.2, 0) is 6.54 Å². The number of nitrogens with zero attached hydrogens (tertiary/aromatic N) is 1. The van der Waals surface area contributed by atoms with Gasteiger partial charge in [-0.25, -0.2) is 0 Å². The van der Waals surface area contributed by atoms with Crippen LogP contribution in [0.5, 0.6) is 0 Å². The maximum Gasteiger partial charge on any atom is 0.0352 e. The van der Waals surface area contributed by atoms with E-state index in [0.717, 1.165) is 12.6 Å². The maximum absolute atomic E-state index is 4.30. The highest BCUT2D eigenvalue weighted by Gasteiger charge is 2.20. The van der Waals surface area contributed by atoms with Gasteiger partial charge in [-0.3, -0.25) is 4.98 Å². The largest absolute Gasteiger partial charge is 0.310 e. The van der Waals surface area contributed by atoms with Crippen molar-refractivity contribution in [2.45, 2.75) is 25.4 Å². The molecule has 0 radical (unpaired) electrons.